The Bertz CT molecular complexity index is 349. The number of aryl methyl sites for hydroxylation is 1. The van der Waals surface area contributed by atoms with Gasteiger partial charge in [0.1, 0.15) is 17.5 Å². The highest BCUT2D eigenvalue weighted by Gasteiger charge is 2.02. The maximum absolute atomic E-state index is 5.49. The van der Waals surface area contributed by atoms with Crippen LogP contribution in [0.25, 0.3) is 0 Å². The zero-order valence-electron chi connectivity index (χ0n) is 11.9. The maximum Gasteiger partial charge on any atom is 0.145 e. The van der Waals surface area contributed by atoms with Gasteiger partial charge in [0.2, 0.25) is 0 Å². The Kier molecular flexibility index (Phi) is 7.09. The third kappa shape index (κ3) is 6.32. The van der Waals surface area contributed by atoms with E-state index in [4.69, 9.17) is 10.6 Å². The third-order valence-electron chi connectivity index (χ3n) is 2.47. The van der Waals surface area contributed by atoms with Gasteiger partial charge in [-0.05, 0) is 14.1 Å². The lowest BCUT2D eigenvalue weighted by molar-refractivity contribution is 0.126. The predicted molar refractivity (Wildman–Crippen MR) is 77.1 cm³/mol. The molecular weight excluding hydrogens is 244 g/mol. The molecule has 0 spiro atoms. The van der Waals surface area contributed by atoms with Gasteiger partial charge in [-0.1, -0.05) is 6.92 Å². The summed E-state index contributed by atoms with van der Waals surface area (Å²) >= 11 is 0. The molecule has 0 aliphatic rings. The fourth-order valence-corrected chi connectivity index (χ4v) is 1.42. The van der Waals surface area contributed by atoms with Crippen LogP contribution in [0.15, 0.2) is 6.07 Å². The van der Waals surface area contributed by atoms with Crippen molar-refractivity contribution in [3.63, 3.8) is 0 Å². The van der Waals surface area contributed by atoms with Gasteiger partial charge in [0.05, 0.1) is 13.2 Å². The van der Waals surface area contributed by atoms with Crippen LogP contribution < -0.4 is 16.6 Å². The van der Waals surface area contributed by atoms with Crippen LogP contribution in [0.1, 0.15) is 12.7 Å². The van der Waals surface area contributed by atoms with E-state index in [0.29, 0.717) is 19.0 Å². The molecule has 0 unspecified atom stereocenters. The molecule has 19 heavy (non-hydrogen) atoms. The number of ether oxygens (including phenoxy) is 1. The number of nitrogens with two attached hydrogens (primary N) is 1. The smallest absolute Gasteiger partial charge is 0.145 e. The van der Waals surface area contributed by atoms with Gasteiger partial charge in [-0.15, -0.1) is 0 Å². The van der Waals surface area contributed by atoms with Gasteiger partial charge >= 0.3 is 0 Å². The summed E-state index contributed by atoms with van der Waals surface area (Å²) in [6.45, 7) is 5.01. The van der Waals surface area contributed by atoms with Crippen LogP contribution in [0.5, 0.6) is 0 Å². The molecule has 0 bridgehead atoms. The number of aromatic nitrogens is 2. The van der Waals surface area contributed by atoms with E-state index in [1.165, 1.54) is 0 Å². The van der Waals surface area contributed by atoms with Gasteiger partial charge in [-0.2, -0.15) is 0 Å². The normalized spacial score (nSPS) is 10.8. The fourth-order valence-electron chi connectivity index (χ4n) is 1.42. The molecule has 1 rings (SSSR count). The van der Waals surface area contributed by atoms with Crippen molar-refractivity contribution in [3.8, 4) is 0 Å². The lowest BCUT2D eigenvalue weighted by Crippen LogP contribution is -2.20. The third-order valence-corrected chi connectivity index (χ3v) is 2.47. The van der Waals surface area contributed by atoms with Crippen LogP contribution in [-0.4, -0.2) is 55.3 Å². The van der Waals surface area contributed by atoms with Crippen LogP contribution >= 0.6 is 0 Å². The minimum Gasteiger partial charge on any atom is -0.378 e. The Hall–Kier alpha value is -1.44. The van der Waals surface area contributed by atoms with E-state index in [2.05, 4.69) is 25.6 Å². The van der Waals surface area contributed by atoms with Gasteiger partial charge in [-0.3, -0.25) is 0 Å². The lowest BCUT2D eigenvalue weighted by atomic mass is 10.4. The van der Waals surface area contributed by atoms with Crippen molar-refractivity contribution < 1.29 is 4.74 Å². The number of rotatable bonds is 9. The van der Waals surface area contributed by atoms with Crippen molar-refractivity contribution in [1.29, 1.82) is 0 Å². The summed E-state index contributed by atoms with van der Waals surface area (Å²) < 4.78 is 5.49. The largest absolute Gasteiger partial charge is 0.378 e. The van der Waals surface area contributed by atoms with Gasteiger partial charge in [-0.25, -0.2) is 15.8 Å². The number of hydrogen-bond donors (Lipinski definition) is 3. The summed E-state index contributed by atoms with van der Waals surface area (Å²) in [4.78, 5) is 10.7. The SMILES string of the molecule is CCc1nc(NN)cc(NCCOCCN(C)C)n1. The number of nitrogen functional groups attached to an aromatic ring is 1. The van der Waals surface area contributed by atoms with Crippen molar-refractivity contribution in [3.05, 3.63) is 11.9 Å². The van der Waals surface area contributed by atoms with Crippen molar-refractivity contribution in [2.75, 3.05) is 51.1 Å². The molecule has 4 N–H and O–H groups in total. The summed E-state index contributed by atoms with van der Waals surface area (Å²) in [5.74, 6) is 7.50. The molecule has 0 saturated heterocycles. The zero-order chi connectivity index (χ0) is 14.1. The second kappa shape index (κ2) is 8.63. The molecule has 108 valence electrons. The van der Waals surface area contributed by atoms with E-state index in [9.17, 15) is 0 Å². The highest BCUT2D eigenvalue weighted by molar-refractivity contribution is 5.46. The number of hydrazine groups is 1. The number of nitrogens with one attached hydrogen (secondary N) is 2. The zero-order valence-corrected chi connectivity index (χ0v) is 11.9. The second-order valence-corrected chi connectivity index (χ2v) is 4.39. The number of anilines is 2. The van der Waals surface area contributed by atoms with Gasteiger partial charge in [0.15, 0.2) is 0 Å². The molecule has 7 heteroatoms. The van der Waals surface area contributed by atoms with Crippen LogP contribution in [-0.2, 0) is 11.2 Å². The summed E-state index contributed by atoms with van der Waals surface area (Å²) in [6, 6.07) is 1.78. The Balaban J connectivity index is 2.32. The molecule has 1 aromatic heterocycles. The Morgan fingerprint density at radius 1 is 1.26 bits per heavy atom. The van der Waals surface area contributed by atoms with Crippen LogP contribution in [0, 0.1) is 0 Å². The van der Waals surface area contributed by atoms with Gasteiger partial charge < -0.3 is 20.4 Å². The van der Waals surface area contributed by atoms with Crippen LogP contribution in [0.4, 0.5) is 11.6 Å². The highest BCUT2D eigenvalue weighted by Crippen LogP contribution is 2.10. The molecule has 0 amide bonds. The van der Waals surface area contributed by atoms with E-state index in [-0.39, 0.29) is 0 Å². The Morgan fingerprint density at radius 2 is 2.00 bits per heavy atom. The quantitative estimate of drug-likeness (QED) is 0.337. The van der Waals surface area contributed by atoms with Crippen molar-refractivity contribution in [2.24, 2.45) is 5.84 Å². The van der Waals surface area contributed by atoms with E-state index >= 15 is 0 Å². The lowest BCUT2D eigenvalue weighted by Gasteiger charge is -2.11. The number of hydrogen-bond acceptors (Lipinski definition) is 7. The standard InChI is InChI=1S/C12H24N6O/c1-4-10-15-11(9-12(16-10)17-13)14-5-7-19-8-6-18(2)3/h9H,4-8,13H2,1-3H3,(H2,14,15,16,17). The van der Waals surface area contributed by atoms with Crippen LogP contribution in [0.3, 0.4) is 0 Å². The average Bonchev–Trinajstić information content (AvgIpc) is 2.41. The molecule has 0 fully saturated rings. The molecule has 0 saturated carbocycles. The molecule has 1 heterocycles. The summed E-state index contributed by atoms with van der Waals surface area (Å²) in [7, 11) is 4.05. The molecule has 7 nitrogen and oxygen atoms in total. The maximum atomic E-state index is 5.49. The van der Waals surface area contributed by atoms with Crippen molar-refractivity contribution >= 4 is 11.6 Å². The fraction of sp³-hybridized carbons (Fsp3) is 0.667. The van der Waals surface area contributed by atoms with Gasteiger partial charge in [0, 0.05) is 25.6 Å². The average molecular weight is 268 g/mol. The predicted octanol–water partition coefficient (Wildman–Crippen LogP) is 0.315. The molecular formula is C12H24N6O. The highest BCUT2D eigenvalue weighted by atomic mass is 16.5. The van der Waals surface area contributed by atoms with Crippen LogP contribution in [0.2, 0.25) is 0 Å². The minimum atomic E-state index is 0.614. The molecule has 0 aliphatic heterocycles. The second-order valence-electron chi connectivity index (χ2n) is 4.39. The first-order valence-corrected chi connectivity index (χ1v) is 6.46. The Morgan fingerprint density at radius 3 is 2.63 bits per heavy atom. The minimum absolute atomic E-state index is 0.614. The summed E-state index contributed by atoms with van der Waals surface area (Å²) in [6.07, 6.45) is 0.767. The number of likely N-dealkylation sites (N-methyl/N-ethyl adjacent to an activating group) is 1. The summed E-state index contributed by atoms with van der Waals surface area (Å²) in [5.41, 5.74) is 2.54. The van der Waals surface area contributed by atoms with E-state index in [1.807, 2.05) is 21.0 Å². The number of nitrogens with zero attached hydrogens (tertiary/aromatic N) is 3. The molecule has 0 radical (unpaired) electrons. The molecule has 0 atom stereocenters. The van der Waals surface area contributed by atoms with Crippen molar-refractivity contribution in [1.82, 2.24) is 14.9 Å². The van der Waals surface area contributed by atoms with E-state index in [0.717, 1.165) is 31.2 Å². The molecule has 0 aromatic carbocycles. The summed E-state index contributed by atoms with van der Waals surface area (Å²) in [5, 5.41) is 3.20. The topological polar surface area (TPSA) is 88.3 Å². The van der Waals surface area contributed by atoms with Gasteiger partial charge in [0.25, 0.3) is 0 Å². The first-order valence-electron chi connectivity index (χ1n) is 6.46. The Labute approximate surface area is 114 Å². The van der Waals surface area contributed by atoms with E-state index < -0.39 is 0 Å². The first kappa shape index (κ1) is 15.6. The van der Waals surface area contributed by atoms with E-state index in [1.54, 1.807) is 6.07 Å². The first-order chi connectivity index (χ1) is 9.15. The molecule has 0 aliphatic carbocycles. The van der Waals surface area contributed by atoms with Crippen molar-refractivity contribution in [2.45, 2.75) is 13.3 Å². The monoisotopic (exact) mass is 268 g/mol. The molecule has 1 aromatic rings.